The van der Waals surface area contributed by atoms with E-state index in [1.54, 1.807) is 0 Å². The lowest BCUT2D eigenvalue weighted by atomic mass is 10.1. The van der Waals surface area contributed by atoms with Crippen LogP contribution in [-0.2, 0) is 4.74 Å². The van der Waals surface area contributed by atoms with E-state index in [0.29, 0.717) is 5.69 Å². The van der Waals surface area contributed by atoms with Crippen molar-refractivity contribution in [3.63, 3.8) is 0 Å². The van der Waals surface area contributed by atoms with E-state index in [4.69, 9.17) is 0 Å². The smallest absolute Gasteiger partial charge is 0.465 e. The molecule has 2 aromatic carbocycles. The summed E-state index contributed by atoms with van der Waals surface area (Å²) in [7, 11) is 1.12. The van der Waals surface area contributed by atoms with E-state index < -0.39 is 23.0 Å². The van der Waals surface area contributed by atoms with Gasteiger partial charge in [0, 0.05) is 17.8 Å². The minimum atomic E-state index is -4.80. The number of carbonyl (C=O) groups excluding carboxylic acids is 1. The van der Waals surface area contributed by atoms with Crippen molar-refractivity contribution in [2.45, 2.75) is 6.36 Å². The van der Waals surface area contributed by atoms with Crippen molar-refractivity contribution in [2.75, 3.05) is 12.4 Å². The average molecular weight is 356 g/mol. The number of hydrogen-bond acceptors (Lipinski definition) is 6. The fraction of sp³-hybridized carbons (Fsp3) is 0.133. The Labute approximate surface area is 139 Å². The van der Waals surface area contributed by atoms with E-state index in [-0.39, 0.29) is 16.9 Å². The Morgan fingerprint density at radius 1 is 1.16 bits per heavy atom. The number of ether oxygens (including phenoxy) is 2. The molecule has 0 aromatic heterocycles. The average Bonchev–Trinajstić information content (AvgIpc) is 2.54. The number of nitrogens with one attached hydrogen (secondary N) is 1. The Kier molecular flexibility index (Phi) is 5.11. The predicted molar refractivity (Wildman–Crippen MR) is 80.8 cm³/mol. The van der Waals surface area contributed by atoms with Crippen molar-refractivity contribution in [1.82, 2.24) is 0 Å². The maximum atomic E-state index is 12.1. The van der Waals surface area contributed by atoms with E-state index in [2.05, 4.69) is 14.8 Å². The molecule has 0 saturated heterocycles. The molecule has 0 saturated carbocycles. The monoisotopic (exact) mass is 356 g/mol. The number of methoxy groups -OCH3 is 1. The van der Waals surface area contributed by atoms with Gasteiger partial charge < -0.3 is 14.8 Å². The van der Waals surface area contributed by atoms with Gasteiger partial charge in [-0.1, -0.05) is 0 Å². The van der Waals surface area contributed by atoms with Gasteiger partial charge in [0.2, 0.25) is 0 Å². The molecule has 0 heterocycles. The predicted octanol–water partition coefficient (Wildman–Crippen LogP) is 4.02. The van der Waals surface area contributed by atoms with Crippen LogP contribution in [0, 0.1) is 10.1 Å². The molecule has 0 fully saturated rings. The number of esters is 1. The number of nitro groups is 1. The summed E-state index contributed by atoms with van der Waals surface area (Å²) in [6.45, 7) is 0. The molecule has 0 radical (unpaired) electrons. The van der Waals surface area contributed by atoms with Crippen LogP contribution >= 0.6 is 0 Å². The summed E-state index contributed by atoms with van der Waals surface area (Å²) in [5, 5.41) is 13.6. The molecule has 0 spiro atoms. The molecule has 2 aromatic rings. The normalized spacial score (nSPS) is 10.9. The van der Waals surface area contributed by atoms with E-state index in [1.165, 1.54) is 24.3 Å². The highest BCUT2D eigenvalue weighted by Crippen LogP contribution is 2.28. The number of benzene rings is 2. The fourth-order valence-electron chi connectivity index (χ4n) is 1.93. The zero-order chi connectivity index (χ0) is 18.6. The maximum absolute atomic E-state index is 12.1. The van der Waals surface area contributed by atoms with Crippen LogP contribution in [0.1, 0.15) is 10.4 Å². The van der Waals surface area contributed by atoms with Crippen LogP contribution in [0.2, 0.25) is 0 Å². The Morgan fingerprint density at radius 3 is 2.32 bits per heavy atom. The van der Waals surface area contributed by atoms with E-state index in [1.807, 2.05) is 0 Å². The van der Waals surface area contributed by atoms with Gasteiger partial charge in [-0.15, -0.1) is 13.2 Å². The molecule has 10 heteroatoms. The van der Waals surface area contributed by atoms with Crippen molar-refractivity contribution >= 4 is 23.0 Å². The van der Waals surface area contributed by atoms with Crippen molar-refractivity contribution in [3.05, 3.63) is 58.1 Å². The zero-order valence-corrected chi connectivity index (χ0v) is 12.7. The number of nitro benzene ring substituents is 1. The quantitative estimate of drug-likeness (QED) is 0.494. The molecule has 2 rings (SSSR count). The van der Waals surface area contributed by atoms with Crippen LogP contribution in [0.15, 0.2) is 42.5 Å². The molecule has 0 unspecified atom stereocenters. The first-order valence-electron chi connectivity index (χ1n) is 6.69. The van der Waals surface area contributed by atoms with Crippen molar-refractivity contribution in [3.8, 4) is 5.75 Å². The Hall–Kier alpha value is -3.30. The highest BCUT2D eigenvalue weighted by atomic mass is 19.4. The van der Waals surface area contributed by atoms with Crippen LogP contribution < -0.4 is 10.1 Å². The lowest BCUT2D eigenvalue weighted by Gasteiger charge is -2.12. The number of halogens is 3. The zero-order valence-electron chi connectivity index (χ0n) is 12.7. The first-order valence-corrected chi connectivity index (χ1v) is 6.69. The molecule has 132 valence electrons. The SMILES string of the molecule is COC(=O)c1cc([N+](=O)[O-])ccc1Nc1ccc(OC(F)(F)F)cc1. The second-order valence-corrected chi connectivity index (χ2v) is 4.68. The van der Waals surface area contributed by atoms with E-state index >= 15 is 0 Å². The number of nitrogens with zero attached hydrogens (tertiary/aromatic N) is 1. The molecule has 0 aliphatic carbocycles. The Balaban J connectivity index is 2.27. The minimum Gasteiger partial charge on any atom is -0.465 e. The third-order valence-electron chi connectivity index (χ3n) is 2.99. The molecular weight excluding hydrogens is 345 g/mol. The number of carbonyl (C=O) groups is 1. The highest BCUT2D eigenvalue weighted by molar-refractivity contribution is 5.97. The highest BCUT2D eigenvalue weighted by Gasteiger charge is 2.31. The van der Waals surface area contributed by atoms with Gasteiger partial charge in [-0.3, -0.25) is 10.1 Å². The minimum absolute atomic E-state index is 0.0904. The van der Waals surface area contributed by atoms with Crippen LogP contribution in [0.5, 0.6) is 5.75 Å². The van der Waals surface area contributed by atoms with Gasteiger partial charge in [0.25, 0.3) is 5.69 Å². The molecule has 7 nitrogen and oxygen atoms in total. The third kappa shape index (κ3) is 4.83. The lowest BCUT2D eigenvalue weighted by Crippen LogP contribution is -2.17. The number of non-ortho nitro benzene ring substituents is 1. The van der Waals surface area contributed by atoms with Gasteiger partial charge in [0.1, 0.15) is 5.75 Å². The molecule has 1 N–H and O–H groups in total. The molecule has 0 aliphatic rings. The summed E-state index contributed by atoms with van der Waals surface area (Å²) >= 11 is 0. The molecule has 0 aliphatic heterocycles. The third-order valence-corrected chi connectivity index (χ3v) is 2.99. The maximum Gasteiger partial charge on any atom is 0.573 e. The second-order valence-electron chi connectivity index (χ2n) is 4.68. The van der Waals surface area contributed by atoms with Crippen LogP contribution in [-0.4, -0.2) is 24.4 Å². The van der Waals surface area contributed by atoms with Gasteiger partial charge in [0.05, 0.1) is 23.3 Å². The van der Waals surface area contributed by atoms with Crippen molar-refractivity contribution in [2.24, 2.45) is 0 Å². The first kappa shape index (κ1) is 18.0. The Morgan fingerprint density at radius 2 is 1.80 bits per heavy atom. The number of anilines is 2. The lowest BCUT2D eigenvalue weighted by molar-refractivity contribution is -0.384. The van der Waals surface area contributed by atoms with Crippen LogP contribution in [0.25, 0.3) is 0 Å². The van der Waals surface area contributed by atoms with Crippen molar-refractivity contribution in [1.29, 1.82) is 0 Å². The summed E-state index contributed by atoms with van der Waals surface area (Å²) in [4.78, 5) is 21.9. The summed E-state index contributed by atoms with van der Waals surface area (Å²) in [6, 6.07) is 8.26. The van der Waals surface area contributed by atoms with Gasteiger partial charge >= 0.3 is 12.3 Å². The largest absolute Gasteiger partial charge is 0.573 e. The summed E-state index contributed by atoms with van der Waals surface area (Å²) in [5.74, 6) is -1.21. The number of rotatable bonds is 5. The molecule has 0 amide bonds. The van der Waals surface area contributed by atoms with E-state index in [0.717, 1.165) is 25.3 Å². The molecular formula is C15H11F3N2O5. The second kappa shape index (κ2) is 7.07. The van der Waals surface area contributed by atoms with Gasteiger partial charge in [-0.05, 0) is 30.3 Å². The summed E-state index contributed by atoms with van der Waals surface area (Å²) in [6.07, 6.45) is -4.80. The standard InChI is InChI=1S/C15H11F3N2O5/c1-24-14(21)12-8-10(20(22)23)4-7-13(12)19-9-2-5-11(6-3-9)25-15(16,17)18/h2-8,19H,1H3. The number of hydrogen-bond donors (Lipinski definition) is 1. The molecule has 0 atom stereocenters. The number of alkyl halides is 3. The molecule has 25 heavy (non-hydrogen) atoms. The first-order chi connectivity index (χ1) is 11.7. The van der Waals surface area contributed by atoms with Gasteiger partial charge in [-0.2, -0.15) is 0 Å². The van der Waals surface area contributed by atoms with Crippen molar-refractivity contribution < 1.29 is 32.4 Å². The molecule has 0 bridgehead atoms. The van der Waals surface area contributed by atoms with Crippen LogP contribution in [0.4, 0.5) is 30.2 Å². The topological polar surface area (TPSA) is 90.7 Å². The summed E-state index contributed by atoms with van der Waals surface area (Å²) < 4.78 is 44.7. The summed E-state index contributed by atoms with van der Waals surface area (Å²) in [5.41, 5.74) is 0.141. The van der Waals surface area contributed by atoms with Crippen LogP contribution in [0.3, 0.4) is 0 Å². The van der Waals surface area contributed by atoms with Gasteiger partial charge in [0.15, 0.2) is 0 Å². The van der Waals surface area contributed by atoms with Gasteiger partial charge in [-0.25, -0.2) is 4.79 Å². The Bertz CT molecular complexity index is 791. The fourth-order valence-corrected chi connectivity index (χ4v) is 1.93. The van der Waals surface area contributed by atoms with E-state index in [9.17, 15) is 28.1 Å².